The number of terminal acetylenes is 1. The summed E-state index contributed by atoms with van der Waals surface area (Å²) in [6, 6.07) is 5.17. The molecule has 0 spiro atoms. The van der Waals surface area contributed by atoms with Gasteiger partial charge >= 0.3 is 5.69 Å². The smallest absolute Gasteiger partial charge is 0.343 e. The van der Waals surface area contributed by atoms with Crippen molar-refractivity contribution in [1.82, 2.24) is 19.7 Å². The third kappa shape index (κ3) is 2.93. The van der Waals surface area contributed by atoms with E-state index in [2.05, 4.69) is 16.2 Å². The monoisotopic (exact) mass is 298 g/mol. The fraction of sp³-hybridized carbons (Fsp3) is 0.312. The van der Waals surface area contributed by atoms with Crippen LogP contribution in [0.5, 0.6) is 0 Å². The van der Waals surface area contributed by atoms with Crippen LogP contribution in [-0.2, 0) is 4.79 Å². The molecule has 0 fully saturated rings. The molecule has 0 saturated heterocycles. The van der Waals surface area contributed by atoms with Crippen molar-refractivity contribution in [2.24, 2.45) is 0 Å². The molecule has 2 aromatic rings. The maximum absolute atomic E-state index is 12.1. The fourth-order valence-corrected chi connectivity index (χ4v) is 2.20. The second kappa shape index (κ2) is 6.31. The Labute approximate surface area is 128 Å². The van der Waals surface area contributed by atoms with Gasteiger partial charge in [-0.3, -0.25) is 4.79 Å². The molecule has 0 aliphatic carbocycles. The summed E-state index contributed by atoms with van der Waals surface area (Å²) in [5, 5.41) is 2.58. The summed E-state index contributed by atoms with van der Waals surface area (Å²) in [6.45, 7) is 5.66. The SMILES string of the molecule is C#CCNC(=O)[C@@H](C)n1c(=O)ncn1-c1cc(C)ccc1C. The van der Waals surface area contributed by atoms with E-state index in [1.807, 2.05) is 32.0 Å². The van der Waals surface area contributed by atoms with Gasteiger partial charge in [0.25, 0.3) is 0 Å². The normalized spacial score (nSPS) is 11.7. The Bertz CT molecular complexity index is 795. The highest BCUT2D eigenvalue weighted by Gasteiger charge is 2.21. The lowest BCUT2D eigenvalue weighted by molar-refractivity contribution is -0.124. The second-order valence-electron chi connectivity index (χ2n) is 5.10. The fourth-order valence-electron chi connectivity index (χ4n) is 2.20. The average molecular weight is 298 g/mol. The van der Waals surface area contributed by atoms with E-state index in [0.717, 1.165) is 16.8 Å². The average Bonchev–Trinajstić information content (AvgIpc) is 2.88. The number of rotatable bonds is 4. The Morgan fingerprint density at radius 1 is 1.45 bits per heavy atom. The van der Waals surface area contributed by atoms with Crippen molar-refractivity contribution in [3.05, 3.63) is 46.1 Å². The molecule has 1 heterocycles. The highest BCUT2D eigenvalue weighted by molar-refractivity contribution is 5.80. The van der Waals surface area contributed by atoms with Crippen LogP contribution < -0.4 is 11.0 Å². The lowest BCUT2D eigenvalue weighted by Crippen LogP contribution is -2.37. The molecule has 0 bridgehead atoms. The summed E-state index contributed by atoms with van der Waals surface area (Å²) in [7, 11) is 0. The van der Waals surface area contributed by atoms with Gasteiger partial charge < -0.3 is 5.32 Å². The Morgan fingerprint density at radius 2 is 2.18 bits per heavy atom. The lowest BCUT2D eigenvalue weighted by atomic mass is 10.1. The van der Waals surface area contributed by atoms with Crippen LogP contribution in [0.2, 0.25) is 0 Å². The van der Waals surface area contributed by atoms with Crippen LogP contribution in [-0.4, -0.2) is 26.8 Å². The quantitative estimate of drug-likeness (QED) is 0.855. The number of benzene rings is 1. The number of nitrogens with zero attached hydrogens (tertiary/aromatic N) is 3. The maximum Gasteiger partial charge on any atom is 0.364 e. The van der Waals surface area contributed by atoms with E-state index in [9.17, 15) is 9.59 Å². The zero-order valence-electron chi connectivity index (χ0n) is 12.8. The number of aryl methyl sites for hydroxylation is 2. The first-order valence-corrected chi connectivity index (χ1v) is 6.90. The largest absolute Gasteiger partial charge is 0.364 e. The number of hydrogen-bond acceptors (Lipinski definition) is 3. The first-order valence-electron chi connectivity index (χ1n) is 6.90. The molecule has 6 nitrogen and oxygen atoms in total. The van der Waals surface area contributed by atoms with Gasteiger partial charge in [-0.25, -0.2) is 14.2 Å². The van der Waals surface area contributed by atoms with Crippen LogP contribution in [0.1, 0.15) is 24.1 Å². The predicted octanol–water partition coefficient (Wildman–Crippen LogP) is 0.961. The van der Waals surface area contributed by atoms with Gasteiger partial charge in [-0.05, 0) is 38.0 Å². The molecule has 1 aromatic heterocycles. The van der Waals surface area contributed by atoms with Gasteiger partial charge in [-0.1, -0.05) is 18.1 Å². The number of amides is 1. The highest BCUT2D eigenvalue weighted by atomic mass is 16.2. The molecule has 1 amide bonds. The summed E-state index contributed by atoms with van der Waals surface area (Å²) in [6.07, 6.45) is 6.56. The predicted molar refractivity (Wildman–Crippen MR) is 83.9 cm³/mol. The highest BCUT2D eigenvalue weighted by Crippen LogP contribution is 2.16. The molecule has 0 radical (unpaired) electrons. The third-order valence-electron chi connectivity index (χ3n) is 3.43. The Balaban J connectivity index is 2.49. The van der Waals surface area contributed by atoms with Gasteiger partial charge in [-0.15, -0.1) is 6.42 Å². The minimum absolute atomic E-state index is 0.121. The van der Waals surface area contributed by atoms with Crippen molar-refractivity contribution in [1.29, 1.82) is 0 Å². The molecule has 1 aromatic carbocycles. The van der Waals surface area contributed by atoms with Crippen molar-refractivity contribution in [2.75, 3.05) is 6.54 Å². The van der Waals surface area contributed by atoms with Crippen molar-refractivity contribution in [3.63, 3.8) is 0 Å². The zero-order chi connectivity index (χ0) is 16.3. The minimum Gasteiger partial charge on any atom is -0.343 e. The molecular formula is C16H18N4O2. The van der Waals surface area contributed by atoms with Crippen LogP contribution in [0, 0.1) is 26.2 Å². The van der Waals surface area contributed by atoms with E-state index in [0.29, 0.717) is 0 Å². The molecule has 2 rings (SSSR count). The van der Waals surface area contributed by atoms with Crippen LogP contribution in [0.15, 0.2) is 29.3 Å². The number of carbonyl (C=O) groups is 1. The maximum atomic E-state index is 12.1. The van der Waals surface area contributed by atoms with Gasteiger partial charge in [0, 0.05) is 0 Å². The minimum atomic E-state index is -0.719. The second-order valence-corrected chi connectivity index (χ2v) is 5.10. The van der Waals surface area contributed by atoms with Gasteiger partial charge in [0.2, 0.25) is 5.91 Å². The van der Waals surface area contributed by atoms with E-state index >= 15 is 0 Å². The van der Waals surface area contributed by atoms with Crippen LogP contribution in [0.25, 0.3) is 5.69 Å². The Hall–Kier alpha value is -2.81. The van der Waals surface area contributed by atoms with E-state index in [1.54, 1.807) is 11.6 Å². The Morgan fingerprint density at radius 3 is 2.86 bits per heavy atom. The molecule has 0 saturated carbocycles. The van der Waals surface area contributed by atoms with Gasteiger partial charge in [0.1, 0.15) is 12.4 Å². The molecule has 22 heavy (non-hydrogen) atoms. The van der Waals surface area contributed by atoms with Crippen molar-refractivity contribution in [3.8, 4) is 18.0 Å². The number of aromatic nitrogens is 3. The standard InChI is InChI=1S/C16H18N4O2/c1-5-8-17-15(21)13(4)20-16(22)18-10-19(20)14-9-11(2)6-7-12(14)3/h1,6-7,9-10,13H,8H2,2-4H3,(H,17,21)/t13-/m1/s1. The summed E-state index contributed by atoms with van der Waals surface area (Å²) in [5.74, 6) is 2.01. The molecule has 1 atom stereocenters. The number of carbonyl (C=O) groups excluding carboxylic acids is 1. The van der Waals surface area contributed by atoms with E-state index in [-0.39, 0.29) is 12.5 Å². The van der Waals surface area contributed by atoms with E-state index in [1.165, 1.54) is 11.0 Å². The molecule has 114 valence electrons. The molecule has 0 aliphatic rings. The van der Waals surface area contributed by atoms with Crippen molar-refractivity contribution in [2.45, 2.75) is 26.8 Å². The topological polar surface area (TPSA) is 68.9 Å². The van der Waals surface area contributed by atoms with Gasteiger partial charge in [0.15, 0.2) is 0 Å². The van der Waals surface area contributed by atoms with Crippen LogP contribution in [0.3, 0.4) is 0 Å². The number of nitrogens with one attached hydrogen (secondary N) is 1. The summed E-state index contributed by atoms with van der Waals surface area (Å²) >= 11 is 0. The first kappa shape index (κ1) is 15.6. The molecular weight excluding hydrogens is 280 g/mol. The molecule has 0 unspecified atom stereocenters. The van der Waals surface area contributed by atoms with Crippen molar-refractivity contribution < 1.29 is 4.79 Å². The van der Waals surface area contributed by atoms with E-state index in [4.69, 9.17) is 6.42 Å². The first-order chi connectivity index (χ1) is 10.5. The third-order valence-corrected chi connectivity index (χ3v) is 3.43. The molecule has 0 aliphatic heterocycles. The van der Waals surface area contributed by atoms with Crippen LogP contribution >= 0.6 is 0 Å². The van der Waals surface area contributed by atoms with Gasteiger partial charge in [0.05, 0.1) is 12.2 Å². The summed E-state index contributed by atoms with van der Waals surface area (Å²) in [4.78, 5) is 27.9. The van der Waals surface area contributed by atoms with E-state index < -0.39 is 11.7 Å². The Kier molecular flexibility index (Phi) is 4.47. The number of hydrogen-bond donors (Lipinski definition) is 1. The lowest BCUT2D eigenvalue weighted by Gasteiger charge is -2.18. The summed E-state index contributed by atoms with van der Waals surface area (Å²) in [5.41, 5.74) is 2.36. The van der Waals surface area contributed by atoms with Crippen molar-refractivity contribution >= 4 is 5.91 Å². The molecule has 6 heteroatoms. The molecule has 1 N–H and O–H groups in total. The zero-order valence-corrected chi connectivity index (χ0v) is 12.8. The van der Waals surface area contributed by atoms with Crippen LogP contribution in [0.4, 0.5) is 0 Å². The van der Waals surface area contributed by atoms with Gasteiger partial charge in [-0.2, -0.15) is 4.98 Å². The summed E-state index contributed by atoms with van der Waals surface area (Å²) < 4.78 is 2.92.